The van der Waals surface area contributed by atoms with Gasteiger partial charge in [-0.15, -0.1) is 0 Å². The average molecular weight is 259 g/mol. The summed E-state index contributed by atoms with van der Waals surface area (Å²) in [5.74, 6) is -2.77. The number of carbonyl (C=O) groups excluding carboxylic acids is 1. The van der Waals surface area contributed by atoms with Crippen LogP contribution in [0.15, 0.2) is 12.1 Å². The Morgan fingerprint density at radius 3 is 2.67 bits per heavy atom. The first-order chi connectivity index (χ1) is 8.45. The molecule has 0 saturated carbocycles. The summed E-state index contributed by atoms with van der Waals surface area (Å²) in [5, 5.41) is 0. The van der Waals surface area contributed by atoms with Crippen molar-refractivity contribution >= 4 is 11.7 Å². The molecular formula is C12H15F2NO3. The van der Waals surface area contributed by atoms with Crippen molar-refractivity contribution in [1.29, 1.82) is 0 Å². The largest absolute Gasteiger partial charge is 0.459 e. The lowest BCUT2D eigenvalue weighted by molar-refractivity contribution is 0.0262. The molecule has 0 aliphatic rings. The molecule has 2 N–H and O–H groups in total. The van der Waals surface area contributed by atoms with Crippen LogP contribution in [-0.4, -0.2) is 25.8 Å². The molecule has 0 bridgehead atoms. The molecule has 0 saturated heterocycles. The van der Waals surface area contributed by atoms with Crippen LogP contribution < -0.4 is 5.73 Å². The van der Waals surface area contributed by atoms with E-state index >= 15 is 0 Å². The third-order valence-corrected chi connectivity index (χ3v) is 2.34. The summed E-state index contributed by atoms with van der Waals surface area (Å²) < 4.78 is 36.1. The lowest BCUT2D eigenvalue weighted by Crippen LogP contribution is -2.18. The Kier molecular flexibility index (Phi) is 5.03. The van der Waals surface area contributed by atoms with Crippen molar-refractivity contribution in [3.63, 3.8) is 0 Å². The number of esters is 1. The normalized spacial score (nSPS) is 12.2. The fraction of sp³-hybridized carbons (Fsp3) is 0.417. The maximum atomic E-state index is 13.4. The van der Waals surface area contributed by atoms with E-state index in [0.29, 0.717) is 19.1 Å². The van der Waals surface area contributed by atoms with Crippen molar-refractivity contribution in [2.24, 2.45) is 0 Å². The predicted molar refractivity (Wildman–Crippen MR) is 62.1 cm³/mol. The fourth-order valence-corrected chi connectivity index (χ4v) is 1.31. The van der Waals surface area contributed by atoms with Gasteiger partial charge >= 0.3 is 5.97 Å². The van der Waals surface area contributed by atoms with Crippen molar-refractivity contribution in [2.45, 2.75) is 19.4 Å². The maximum absolute atomic E-state index is 13.4. The monoisotopic (exact) mass is 259 g/mol. The van der Waals surface area contributed by atoms with E-state index in [1.165, 1.54) is 7.11 Å². The van der Waals surface area contributed by atoms with Gasteiger partial charge in [-0.05, 0) is 13.0 Å². The highest BCUT2D eigenvalue weighted by atomic mass is 19.1. The van der Waals surface area contributed by atoms with E-state index in [1.54, 1.807) is 6.92 Å². The summed E-state index contributed by atoms with van der Waals surface area (Å²) in [6.45, 7) is 2.07. The lowest BCUT2D eigenvalue weighted by Gasteiger charge is -2.13. The third-order valence-electron chi connectivity index (χ3n) is 2.34. The quantitative estimate of drug-likeness (QED) is 0.650. The molecule has 0 aliphatic carbocycles. The predicted octanol–water partition coefficient (Wildman–Crippen LogP) is 2.13. The molecular weight excluding hydrogens is 244 g/mol. The second kappa shape index (κ2) is 6.30. The van der Waals surface area contributed by atoms with Gasteiger partial charge in [0.15, 0.2) is 0 Å². The average Bonchev–Trinajstić information content (AvgIpc) is 2.31. The number of carbonyl (C=O) groups is 1. The van der Waals surface area contributed by atoms with Gasteiger partial charge in [0.25, 0.3) is 0 Å². The molecule has 0 spiro atoms. The molecule has 100 valence electrons. The first-order valence-electron chi connectivity index (χ1n) is 5.40. The van der Waals surface area contributed by atoms with Gasteiger partial charge in [0.2, 0.25) is 0 Å². The van der Waals surface area contributed by atoms with E-state index in [9.17, 15) is 13.6 Å². The zero-order valence-electron chi connectivity index (χ0n) is 10.2. The zero-order valence-corrected chi connectivity index (χ0v) is 10.2. The van der Waals surface area contributed by atoms with Crippen LogP contribution in [0, 0.1) is 11.6 Å². The smallest absolute Gasteiger partial charge is 0.341 e. The second-order valence-electron chi connectivity index (χ2n) is 3.85. The third kappa shape index (κ3) is 3.66. The van der Waals surface area contributed by atoms with E-state index < -0.39 is 23.7 Å². The summed E-state index contributed by atoms with van der Waals surface area (Å²) in [7, 11) is 1.52. The fourth-order valence-electron chi connectivity index (χ4n) is 1.31. The Labute approximate surface area is 104 Å². The van der Waals surface area contributed by atoms with Crippen LogP contribution in [0.2, 0.25) is 0 Å². The number of benzene rings is 1. The molecule has 1 aromatic carbocycles. The van der Waals surface area contributed by atoms with Crippen molar-refractivity contribution in [1.82, 2.24) is 0 Å². The number of ether oxygens (including phenoxy) is 2. The molecule has 4 nitrogen and oxygen atoms in total. The van der Waals surface area contributed by atoms with Crippen LogP contribution in [0.25, 0.3) is 0 Å². The molecule has 0 aliphatic heterocycles. The Hall–Kier alpha value is -1.69. The minimum atomic E-state index is -0.995. The van der Waals surface area contributed by atoms with E-state index in [-0.39, 0.29) is 11.3 Å². The van der Waals surface area contributed by atoms with E-state index in [1.807, 2.05) is 0 Å². The first kappa shape index (κ1) is 14.4. The molecule has 6 heteroatoms. The van der Waals surface area contributed by atoms with E-state index in [0.717, 1.165) is 6.07 Å². The summed E-state index contributed by atoms with van der Waals surface area (Å²) in [5.41, 5.74) is 4.59. The van der Waals surface area contributed by atoms with Crippen LogP contribution >= 0.6 is 0 Å². The highest BCUT2D eigenvalue weighted by molar-refractivity contribution is 5.90. The van der Waals surface area contributed by atoms with Crippen LogP contribution in [0.4, 0.5) is 14.5 Å². The van der Waals surface area contributed by atoms with Crippen molar-refractivity contribution < 1.29 is 23.0 Å². The Bertz CT molecular complexity index is 438. The van der Waals surface area contributed by atoms with Crippen LogP contribution in [0.3, 0.4) is 0 Å². The Morgan fingerprint density at radius 2 is 2.06 bits per heavy atom. The van der Waals surface area contributed by atoms with Gasteiger partial charge in [-0.1, -0.05) is 0 Å². The standard InChI is InChI=1S/C12H15F2NO3/c1-7(3-4-17-2)18-12(16)8-5-11(15)10(14)6-9(8)13/h5-7H,3-4,15H2,1-2H3. The SMILES string of the molecule is COCCC(C)OC(=O)c1cc(N)c(F)cc1F. The van der Waals surface area contributed by atoms with Gasteiger partial charge in [-0.3, -0.25) is 0 Å². The Balaban J connectivity index is 2.75. The van der Waals surface area contributed by atoms with Gasteiger partial charge in [0, 0.05) is 26.2 Å². The highest BCUT2D eigenvalue weighted by Gasteiger charge is 2.18. The number of hydrogen-bond acceptors (Lipinski definition) is 4. The van der Waals surface area contributed by atoms with Crippen molar-refractivity contribution in [2.75, 3.05) is 19.5 Å². The second-order valence-corrected chi connectivity index (χ2v) is 3.85. The molecule has 0 amide bonds. The minimum absolute atomic E-state index is 0.298. The molecule has 0 fully saturated rings. The summed E-state index contributed by atoms with van der Waals surface area (Å²) in [6.07, 6.45) is 0.0590. The number of nitrogens with two attached hydrogens (primary N) is 1. The number of methoxy groups -OCH3 is 1. The molecule has 18 heavy (non-hydrogen) atoms. The number of nitrogen functional groups attached to an aromatic ring is 1. The summed E-state index contributed by atoms with van der Waals surface area (Å²) in [4.78, 5) is 11.6. The lowest BCUT2D eigenvalue weighted by atomic mass is 10.2. The Morgan fingerprint density at radius 1 is 1.39 bits per heavy atom. The van der Waals surface area contributed by atoms with Crippen molar-refractivity contribution in [3.8, 4) is 0 Å². The zero-order chi connectivity index (χ0) is 13.7. The molecule has 0 heterocycles. The molecule has 0 aromatic heterocycles. The van der Waals surface area contributed by atoms with Crippen LogP contribution in [-0.2, 0) is 9.47 Å². The van der Waals surface area contributed by atoms with Crippen molar-refractivity contribution in [3.05, 3.63) is 29.3 Å². The number of anilines is 1. The number of rotatable bonds is 5. The van der Waals surface area contributed by atoms with Gasteiger partial charge in [0.1, 0.15) is 17.7 Å². The van der Waals surface area contributed by atoms with Crippen LogP contribution in [0.5, 0.6) is 0 Å². The van der Waals surface area contributed by atoms with Gasteiger partial charge in [0.05, 0.1) is 11.3 Å². The van der Waals surface area contributed by atoms with Gasteiger partial charge in [-0.2, -0.15) is 0 Å². The molecule has 1 atom stereocenters. The summed E-state index contributed by atoms with van der Waals surface area (Å²) in [6, 6.07) is 1.49. The van der Waals surface area contributed by atoms with Gasteiger partial charge < -0.3 is 15.2 Å². The topological polar surface area (TPSA) is 61.5 Å². The summed E-state index contributed by atoms with van der Waals surface area (Å²) >= 11 is 0. The van der Waals surface area contributed by atoms with Crippen LogP contribution in [0.1, 0.15) is 23.7 Å². The number of halogens is 2. The van der Waals surface area contributed by atoms with E-state index in [4.69, 9.17) is 15.2 Å². The minimum Gasteiger partial charge on any atom is -0.459 e. The highest BCUT2D eigenvalue weighted by Crippen LogP contribution is 2.18. The molecule has 1 unspecified atom stereocenters. The van der Waals surface area contributed by atoms with E-state index in [2.05, 4.69) is 0 Å². The molecule has 1 aromatic rings. The maximum Gasteiger partial charge on any atom is 0.341 e. The van der Waals surface area contributed by atoms with Gasteiger partial charge in [-0.25, -0.2) is 13.6 Å². The molecule has 1 rings (SSSR count). The molecule has 0 radical (unpaired) electrons. The number of hydrogen-bond donors (Lipinski definition) is 1. The first-order valence-corrected chi connectivity index (χ1v) is 5.40.